The molecule has 0 atom stereocenters. The van der Waals surface area contributed by atoms with E-state index in [1.807, 2.05) is 32.9 Å². The largest absolute Gasteiger partial charge is 0.0903 e. The summed E-state index contributed by atoms with van der Waals surface area (Å²) in [6.45, 7) is 5.98. The second-order valence-corrected chi connectivity index (χ2v) is 3.16. The molecule has 0 aliphatic carbocycles. The van der Waals surface area contributed by atoms with Crippen molar-refractivity contribution >= 4 is 12.6 Å². The topological polar surface area (TPSA) is 0 Å². The molecule has 0 aliphatic rings. The van der Waals surface area contributed by atoms with E-state index in [2.05, 4.69) is 0 Å². The molecule has 0 aromatic rings. The third-order valence-corrected chi connectivity index (χ3v) is 0.704. The van der Waals surface area contributed by atoms with E-state index in [0.29, 0.717) is 0 Å². The van der Waals surface area contributed by atoms with Crippen LogP contribution in [0, 0.1) is 0 Å². The van der Waals surface area contributed by atoms with Gasteiger partial charge in [0.25, 0.3) is 0 Å². The van der Waals surface area contributed by atoms with Crippen molar-refractivity contribution in [2.24, 2.45) is 0 Å². The molecule has 7 heavy (non-hydrogen) atoms. The summed E-state index contributed by atoms with van der Waals surface area (Å²) in [6, 6.07) is 0. The second kappa shape index (κ2) is 2.41. The van der Waals surface area contributed by atoms with Crippen LogP contribution in [0.4, 0.5) is 0 Å². The molecular formula is C6H11S. The lowest BCUT2D eigenvalue weighted by molar-refractivity contribution is 0.906. The molecule has 0 bridgehead atoms. The van der Waals surface area contributed by atoms with Gasteiger partial charge in [-0.25, -0.2) is 0 Å². The molecule has 0 amide bonds. The van der Waals surface area contributed by atoms with Gasteiger partial charge in [-0.05, 0) is 20.8 Å². The van der Waals surface area contributed by atoms with E-state index >= 15 is 0 Å². The summed E-state index contributed by atoms with van der Waals surface area (Å²) in [7, 11) is 0. The lowest BCUT2D eigenvalue weighted by Crippen LogP contribution is -2.03. The summed E-state index contributed by atoms with van der Waals surface area (Å²) in [4.78, 5) is 0. The Morgan fingerprint density at radius 2 is 1.86 bits per heavy atom. The number of hydrogen-bond donors (Lipinski definition) is 0. The molecule has 0 saturated carbocycles. The molecule has 0 unspecified atom stereocenters. The fourth-order valence-corrected chi connectivity index (χ4v) is 0.537. The van der Waals surface area contributed by atoms with E-state index in [-0.39, 0.29) is 4.75 Å². The SMILES string of the molecule is CC=CC(C)(C)[S]. The summed E-state index contributed by atoms with van der Waals surface area (Å²) in [5.74, 6) is 0. The standard InChI is InChI=1S/C6H11S/c1-4-5-6(2,3)7/h4-5H,1-3H3. The molecule has 0 rings (SSSR count). The Balaban J connectivity index is 3.56. The Bertz CT molecular complexity index is 66.7. The van der Waals surface area contributed by atoms with Crippen molar-refractivity contribution in [3.8, 4) is 0 Å². The fourth-order valence-electron chi connectivity index (χ4n) is 0.401. The van der Waals surface area contributed by atoms with Crippen molar-refractivity contribution in [3.63, 3.8) is 0 Å². The van der Waals surface area contributed by atoms with Gasteiger partial charge in [-0.3, -0.25) is 0 Å². The molecular weight excluding hydrogens is 104 g/mol. The first kappa shape index (κ1) is 7.09. The van der Waals surface area contributed by atoms with Gasteiger partial charge in [0.05, 0.1) is 0 Å². The maximum Gasteiger partial charge on any atom is 0.0386 e. The van der Waals surface area contributed by atoms with E-state index in [0.717, 1.165) is 0 Å². The molecule has 41 valence electrons. The van der Waals surface area contributed by atoms with Crippen LogP contribution < -0.4 is 0 Å². The van der Waals surface area contributed by atoms with E-state index in [4.69, 9.17) is 12.6 Å². The van der Waals surface area contributed by atoms with Crippen LogP contribution >= 0.6 is 12.6 Å². The maximum absolute atomic E-state index is 5.00. The van der Waals surface area contributed by atoms with Gasteiger partial charge in [0, 0.05) is 4.75 Å². The number of rotatable bonds is 1. The van der Waals surface area contributed by atoms with Gasteiger partial charge in [0.15, 0.2) is 0 Å². The Kier molecular flexibility index (Phi) is 2.44. The van der Waals surface area contributed by atoms with Gasteiger partial charge in [-0.15, -0.1) is 0 Å². The lowest BCUT2D eigenvalue weighted by Gasteiger charge is -2.06. The first-order chi connectivity index (χ1) is 3.06. The van der Waals surface area contributed by atoms with E-state index in [1.165, 1.54) is 0 Å². The molecule has 0 fully saturated rings. The van der Waals surface area contributed by atoms with Crippen LogP contribution in [0.3, 0.4) is 0 Å². The van der Waals surface area contributed by atoms with Crippen LogP contribution in [0.25, 0.3) is 0 Å². The molecule has 0 spiro atoms. The number of hydrogen-bond acceptors (Lipinski definition) is 0. The molecule has 0 nitrogen and oxygen atoms in total. The van der Waals surface area contributed by atoms with Gasteiger partial charge in [-0.1, -0.05) is 24.8 Å². The molecule has 0 N–H and O–H groups in total. The normalized spacial score (nSPS) is 13.1. The molecule has 0 aliphatic heterocycles. The molecule has 0 heterocycles. The van der Waals surface area contributed by atoms with E-state index in [9.17, 15) is 0 Å². The monoisotopic (exact) mass is 115 g/mol. The van der Waals surface area contributed by atoms with E-state index < -0.39 is 0 Å². The van der Waals surface area contributed by atoms with Gasteiger partial charge < -0.3 is 0 Å². The smallest absolute Gasteiger partial charge is 0.0386 e. The molecule has 1 heteroatoms. The van der Waals surface area contributed by atoms with Crippen LogP contribution in [-0.2, 0) is 0 Å². The first-order valence-corrected chi connectivity index (χ1v) is 2.81. The third-order valence-electron chi connectivity index (χ3n) is 0.568. The lowest BCUT2D eigenvalue weighted by atomic mass is 10.2. The fraction of sp³-hybridized carbons (Fsp3) is 0.667. The summed E-state index contributed by atoms with van der Waals surface area (Å²) in [5, 5.41) is 0. The minimum Gasteiger partial charge on any atom is -0.0903 e. The maximum atomic E-state index is 5.00. The Morgan fingerprint density at radius 1 is 1.43 bits per heavy atom. The molecule has 0 aromatic carbocycles. The Hall–Kier alpha value is 0.0900. The van der Waals surface area contributed by atoms with E-state index in [1.54, 1.807) is 0 Å². The summed E-state index contributed by atoms with van der Waals surface area (Å²) < 4.78 is -0.0469. The van der Waals surface area contributed by atoms with Crippen molar-refractivity contribution < 1.29 is 0 Å². The zero-order valence-electron chi connectivity index (χ0n) is 5.06. The van der Waals surface area contributed by atoms with Crippen LogP contribution in [0.15, 0.2) is 12.2 Å². The zero-order chi connectivity index (χ0) is 5.91. The van der Waals surface area contributed by atoms with Gasteiger partial charge in [0.1, 0.15) is 0 Å². The number of allylic oxidation sites excluding steroid dienone is 1. The third kappa shape index (κ3) is 6.09. The summed E-state index contributed by atoms with van der Waals surface area (Å²) >= 11 is 5.00. The summed E-state index contributed by atoms with van der Waals surface area (Å²) in [5.41, 5.74) is 0. The van der Waals surface area contributed by atoms with Crippen molar-refractivity contribution in [1.29, 1.82) is 0 Å². The van der Waals surface area contributed by atoms with Crippen LogP contribution in [0.5, 0.6) is 0 Å². The highest BCUT2D eigenvalue weighted by atomic mass is 32.1. The zero-order valence-corrected chi connectivity index (χ0v) is 5.88. The van der Waals surface area contributed by atoms with Gasteiger partial charge >= 0.3 is 0 Å². The van der Waals surface area contributed by atoms with Crippen LogP contribution in [0.1, 0.15) is 20.8 Å². The average Bonchev–Trinajstić information content (AvgIpc) is 1.30. The second-order valence-electron chi connectivity index (χ2n) is 2.10. The van der Waals surface area contributed by atoms with Crippen molar-refractivity contribution in [1.82, 2.24) is 0 Å². The highest BCUT2D eigenvalue weighted by Gasteiger charge is 2.03. The predicted molar refractivity (Wildman–Crippen MR) is 36.5 cm³/mol. The van der Waals surface area contributed by atoms with Crippen molar-refractivity contribution in [3.05, 3.63) is 12.2 Å². The quantitative estimate of drug-likeness (QED) is 0.461. The van der Waals surface area contributed by atoms with Gasteiger partial charge in [-0.2, -0.15) is 0 Å². The average molecular weight is 115 g/mol. The van der Waals surface area contributed by atoms with Crippen LogP contribution in [0.2, 0.25) is 0 Å². The highest BCUT2D eigenvalue weighted by molar-refractivity contribution is 7.82. The predicted octanol–water partition coefficient (Wildman–Crippen LogP) is 2.54. The minimum absolute atomic E-state index is 0.0469. The molecule has 0 aromatic heterocycles. The Morgan fingerprint density at radius 3 is 1.86 bits per heavy atom. The van der Waals surface area contributed by atoms with Crippen molar-refractivity contribution in [2.45, 2.75) is 25.5 Å². The summed E-state index contributed by atoms with van der Waals surface area (Å²) in [6.07, 6.45) is 3.98. The Labute approximate surface area is 51.0 Å². The first-order valence-electron chi connectivity index (χ1n) is 2.40. The molecule has 1 radical (unpaired) electrons. The molecule has 0 saturated heterocycles. The van der Waals surface area contributed by atoms with Crippen molar-refractivity contribution in [2.75, 3.05) is 0 Å². The highest BCUT2D eigenvalue weighted by Crippen LogP contribution is 2.12. The van der Waals surface area contributed by atoms with Crippen LogP contribution in [-0.4, -0.2) is 4.75 Å². The van der Waals surface area contributed by atoms with Gasteiger partial charge in [0.2, 0.25) is 0 Å². The minimum atomic E-state index is -0.0469.